The van der Waals surface area contributed by atoms with Gasteiger partial charge in [-0.05, 0) is 31.1 Å². The van der Waals surface area contributed by atoms with Gasteiger partial charge in [-0.2, -0.15) is 9.40 Å². The molecule has 1 aromatic carbocycles. The molecule has 1 aliphatic rings. The number of anilines is 1. The molecular weight excluding hydrogens is 352 g/mol. The molecule has 1 fully saturated rings. The highest BCUT2D eigenvalue weighted by Crippen LogP contribution is 2.26. The largest absolute Gasteiger partial charge is 0.321 e. The van der Waals surface area contributed by atoms with Crippen molar-refractivity contribution >= 4 is 27.7 Å². The lowest BCUT2D eigenvalue weighted by Gasteiger charge is -2.26. The average molecular weight is 374 g/mol. The van der Waals surface area contributed by atoms with Crippen LogP contribution in [-0.4, -0.2) is 41.5 Å². The van der Waals surface area contributed by atoms with E-state index in [1.54, 1.807) is 48.4 Å². The second-order valence-corrected chi connectivity index (χ2v) is 8.14. The van der Waals surface area contributed by atoms with Crippen LogP contribution in [0.15, 0.2) is 47.6 Å². The van der Waals surface area contributed by atoms with E-state index < -0.39 is 15.9 Å². The molecule has 1 amide bonds. The van der Waals surface area contributed by atoms with E-state index in [2.05, 4.69) is 10.4 Å². The minimum absolute atomic E-state index is 0.130. The maximum Gasteiger partial charge on any atom is 0.248 e. The third-order valence-corrected chi connectivity index (χ3v) is 6.19. The summed E-state index contributed by atoms with van der Waals surface area (Å²) in [7, 11) is -1.83. The highest BCUT2D eigenvalue weighted by atomic mass is 32.2. The van der Waals surface area contributed by atoms with Crippen LogP contribution in [0.25, 0.3) is 6.08 Å². The molecule has 0 saturated carbocycles. The van der Waals surface area contributed by atoms with E-state index in [4.69, 9.17) is 0 Å². The van der Waals surface area contributed by atoms with E-state index in [1.807, 2.05) is 0 Å². The Labute approximate surface area is 153 Å². The Morgan fingerprint density at radius 2 is 1.92 bits per heavy atom. The van der Waals surface area contributed by atoms with E-state index in [-0.39, 0.29) is 4.90 Å². The number of piperidine rings is 1. The van der Waals surface area contributed by atoms with Crippen molar-refractivity contribution in [2.45, 2.75) is 24.2 Å². The summed E-state index contributed by atoms with van der Waals surface area (Å²) in [6.45, 7) is 1.04. The van der Waals surface area contributed by atoms with Crippen LogP contribution in [0, 0.1) is 0 Å². The lowest BCUT2D eigenvalue weighted by atomic mass is 10.2. The van der Waals surface area contributed by atoms with Gasteiger partial charge in [-0.3, -0.25) is 9.48 Å². The molecule has 8 heteroatoms. The first-order chi connectivity index (χ1) is 12.5. The van der Waals surface area contributed by atoms with Crippen molar-refractivity contribution in [1.29, 1.82) is 0 Å². The van der Waals surface area contributed by atoms with Crippen LogP contribution in [-0.2, 0) is 21.9 Å². The van der Waals surface area contributed by atoms with Crippen molar-refractivity contribution in [1.82, 2.24) is 14.1 Å². The molecule has 7 nitrogen and oxygen atoms in total. The van der Waals surface area contributed by atoms with Crippen LogP contribution < -0.4 is 5.32 Å². The number of rotatable bonds is 5. The van der Waals surface area contributed by atoms with E-state index in [0.29, 0.717) is 18.8 Å². The molecule has 1 N–H and O–H groups in total. The minimum atomic E-state index is -3.62. The molecule has 1 aliphatic heterocycles. The Balaban J connectivity index is 1.78. The molecule has 0 bridgehead atoms. The first kappa shape index (κ1) is 18.3. The summed E-state index contributed by atoms with van der Waals surface area (Å²) in [5, 5.41) is 6.70. The summed E-state index contributed by atoms with van der Waals surface area (Å²) in [6.07, 6.45) is 9.18. The van der Waals surface area contributed by atoms with Crippen LogP contribution in [0.2, 0.25) is 0 Å². The number of carbonyl (C=O) groups is 1. The van der Waals surface area contributed by atoms with Crippen molar-refractivity contribution in [3.63, 3.8) is 0 Å². The van der Waals surface area contributed by atoms with Crippen LogP contribution in [0.1, 0.15) is 24.8 Å². The van der Waals surface area contributed by atoms with Gasteiger partial charge in [0.05, 0.1) is 11.9 Å². The third-order valence-electron chi connectivity index (χ3n) is 4.23. The Hall–Kier alpha value is -2.45. The van der Waals surface area contributed by atoms with Gasteiger partial charge in [-0.15, -0.1) is 0 Å². The number of nitrogens with zero attached hydrogens (tertiary/aromatic N) is 3. The van der Waals surface area contributed by atoms with Gasteiger partial charge in [0.2, 0.25) is 15.9 Å². The number of para-hydroxylation sites is 1. The zero-order chi connectivity index (χ0) is 18.6. The number of hydrogen-bond donors (Lipinski definition) is 1. The molecular formula is C18H22N4O3S. The molecule has 1 saturated heterocycles. The van der Waals surface area contributed by atoms with Gasteiger partial charge in [0, 0.05) is 38.0 Å². The number of sulfonamides is 1. The van der Waals surface area contributed by atoms with Crippen LogP contribution >= 0.6 is 0 Å². The summed E-state index contributed by atoms with van der Waals surface area (Å²) < 4.78 is 29.0. The van der Waals surface area contributed by atoms with E-state index in [0.717, 1.165) is 24.8 Å². The summed E-state index contributed by atoms with van der Waals surface area (Å²) in [5.41, 5.74) is 1.08. The molecule has 2 heterocycles. The number of aryl methyl sites for hydroxylation is 1. The fourth-order valence-electron chi connectivity index (χ4n) is 2.91. The van der Waals surface area contributed by atoms with Crippen molar-refractivity contribution in [3.8, 4) is 0 Å². The fourth-order valence-corrected chi connectivity index (χ4v) is 4.58. The average Bonchev–Trinajstić information content (AvgIpc) is 3.06. The zero-order valence-corrected chi connectivity index (χ0v) is 15.4. The zero-order valence-electron chi connectivity index (χ0n) is 14.6. The quantitative estimate of drug-likeness (QED) is 0.814. The maximum absolute atomic E-state index is 12.9. The second kappa shape index (κ2) is 7.84. The summed E-state index contributed by atoms with van der Waals surface area (Å²) >= 11 is 0. The standard InChI is InChI=1S/C18H22N4O3S/c1-21-14-15(13-19-21)9-10-18(23)20-16-7-3-4-8-17(16)26(24,25)22-11-5-2-6-12-22/h3-4,7-10,13-14H,2,5-6,11-12H2,1H3,(H,20,23)/b10-9+. The molecule has 138 valence electrons. The van der Waals surface area contributed by atoms with E-state index in [9.17, 15) is 13.2 Å². The third kappa shape index (κ3) is 4.20. The number of carbonyl (C=O) groups excluding carboxylic acids is 1. The fraction of sp³-hybridized carbons (Fsp3) is 0.333. The van der Waals surface area contributed by atoms with Gasteiger partial charge in [-0.25, -0.2) is 8.42 Å². The van der Waals surface area contributed by atoms with E-state index >= 15 is 0 Å². The van der Waals surface area contributed by atoms with Gasteiger partial charge in [0.25, 0.3) is 0 Å². The van der Waals surface area contributed by atoms with Gasteiger partial charge in [0.15, 0.2) is 0 Å². The summed E-state index contributed by atoms with van der Waals surface area (Å²) in [5.74, 6) is -0.393. The van der Waals surface area contributed by atoms with Gasteiger partial charge < -0.3 is 5.32 Å². The molecule has 0 unspecified atom stereocenters. The molecule has 0 atom stereocenters. The SMILES string of the molecule is Cn1cc(/C=C/C(=O)Nc2ccccc2S(=O)(=O)N2CCCCC2)cn1. The number of hydrogen-bond acceptors (Lipinski definition) is 4. The maximum atomic E-state index is 12.9. The summed E-state index contributed by atoms with van der Waals surface area (Å²) in [4.78, 5) is 12.3. The molecule has 1 aromatic heterocycles. The number of benzene rings is 1. The lowest BCUT2D eigenvalue weighted by Crippen LogP contribution is -2.36. The molecule has 0 spiro atoms. The number of amides is 1. The Morgan fingerprint density at radius 3 is 2.62 bits per heavy atom. The topological polar surface area (TPSA) is 84.3 Å². The summed E-state index contributed by atoms with van der Waals surface area (Å²) in [6, 6.07) is 6.50. The van der Waals surface area contributed by atoms with Crippen molar-refractivity contribution < 1.29 is 13.2 Å². The Bertz CT molecular complexity index is 912. The normalized spacial score (nSPS) is 16.0. The van der Waals surface area contributed by atoms with Crippen molar-refractivity contribution in [2.24, 2.45) is 7.05 Å². The number of nitrogens with one attached hydrogen (secondary N) is 1. The Morgan fingerprint density at radius 1 is 1.19 bits per heavy atom. The lowest BCUT2D eigenvalue weighted by molar-refractivity contribution is -0.111. The molecule has 2 aromatic rings. The van der Waals surface area contributed by atoms with Gasteiger partial charge in [-0.1, -0.05) is 18.6 Å². The number of aromatic nitrogens is 2. The monoisotopic (exact) mass is 374 g/mol. The van der Waals surface area contributed by atoms with Gasteiger partial charge >= 0.3 is 0 Å². The van der Waals surface area contributed by atoms with Crippen LogP contribution in [0.3, 0.4) is 0 Å². The van der Waals surface area contributed by atoms with Crippen LogP contribution in [0.5, 0.6) is 0 Å². The highest BCUT2D eigenvalue weighted by molar-refractivity contribution is 7.89. The minimum Gasteiger partial charge on any atom is -0.321 e. The van der Waals surface area contributed by atoms with E-state index in [1.165, 1.54) is 16.4 Å². The predicted molar refractivity (Wildman–Crippen MR) is 99.9 cm³/mol. The smallest absolute Gasteiger partial charge is 0.248 e. The van der Waals surface area contributed by atoms with Crippen molar-refractivity contribution in [2.75, 3.05) is 18.4 Å². The highest BCUT2D eigenvalue weighted by Gasteiger charge is 2.28. The van der Waals surface area contributed by atoms with Crippen LogP contribution in [0.4, 0.5) is 5.69 Å². The van der Waals surface area contributed by atoms with Gasteiger partial charge in [0.1, 0.15) is 4.90 Å². The molecule has 3 rings (SSSR count). The Kier molecular flexibility index (Phi) is 5.53. The molecule has 26 heavy (non-hydrogen) atoms. The first-order valence-electron chi connectivity index (χ1n) is 8.54. The first-order valence-corrected chi connectivity index (χ1v) is 9.98. The van der Waals surface area contributed by atoms with Crippen molar-refractivity contribution in [3.05, 3.63) is 48.3 Å². The second-order valence-electron chi connectivity index (χ2n) is 6.23. The molecule has 0 radical (unpaired) electrons. The molecule has 0 aliphatic carbocycles. The predicted octanol–water partition coefficient (Wildman–Crippen LogP) is 2.25.